The molecule has 0 aliphatic heterocycles. The summed E-state index contributed by atoms with van der Waals surface area (Å²) in [6.07, 6.45) is 11.8. The van der Waals surface area contributed by atoms with Crippen molar-refractivity contribution < 1.29 is 10.2 Å². The lowest BCUT2D eigenvalue weighted by Crippen LogP contribution is -2.50. The molecular formula is C21H34O2. The van der Waals surface area contributed by atoms with Gasteiger partial charge in [0.15, 0.2) is 0 Å². The average molecular weight is 319 g/mol. The van der Waals surface area contributed by atoms with Crippen molar-refractivity contribution in [2.75, 3.05) is 0 Å². The number of hydrogen-bond acceptors (Lipinski definition) is 2. The predicted molar refractivity (Wildman–Crippen MR) is 92.9 cm³/mol. The second-order valence-corrected chi connectivity index (χ2v) is 9.64. The minimum atomic E-state index is -0.168. The quantitative estimate of drug-likeness (QED) is 0.707. The van der Waals surface area contributed by atoms with Gasteiger partial charge in [-0.3, -0.25) is 0 Å². The fourth-order valence-corrected chi connectivity index (χ4v) is 7.32. The first-order valence-electron chi connectivity index (χ1n) is 9.92. The smallest absolute Gasteiger partial charge is 0.0545 e. The van der Waals surface area contributed by atoms with Gasteiger partial charge in [-0.25, -0.2) is 0 Å². The lowest BCUT2D eigenvalue weighted by molar-refractivity contribution is -0.0480. The molecule has 2 heteroatoms. The third kappa shape index (κ3) is 2.20. The highest BCUT2D eigenvalue weighted by Crippen LogP contribution is 2.66. The second-order valence-electron chi connectivity index (χ2n) is 9.64. The SMILES string of the molecule is CC(O)[C@H]1CC[C@H]2C3=CC[C@@H]4C[C@H](O)CC[C@]4(C)[C@H]3CC[C@]12C. The van der Waals surface area contributed by atoms with Crippen LogP contribution in [0.5, 0.6) is 0 Å². The summed E-state index contributed by atoms with van der Waals surface area (Å²) in [6, 6.07) is 0. The van der Waals surface area contributed by atoms with Gasteiger partial charge in [0.2, 0.25) is 0 Å². The van der Waals surface area contributed by atoms with Crippen LogP contribution in [-0.2, 0) is 0 Å². The summed E-state index contributed by atoms with van der Waals surface area (Å²) in [5.74, 6) is 2.59. The lowest BCUT2D eigenvalue weighted by Gasteiger charge is -2.57. The first kappa shape index (κ1) is 16.1. The van der Waals surface area contributed by atoms with E-state index in [2.05, 4.69) is 19.9 Å². The van der Waals surface area contributed by atoms with Gasteiger partial charge in [-0.2, -0.15) is 0 Å². The maximum Gasteiger partial charge on any atom is 0.0545 e. The maximum absolute atomic E-state index is 10.3. The lowest BCUT2D eigenvalue weighted by atomic mass is 9.48. The zero-order valence-electron chi connectivity index (χ0n) is 15.1. The molecule has 4 aliphatic carbocycles. The van der Waals surface area contributed by atoms with Crippen molar-refractivity contribution in [2.45, 2.75) is 84.3 Å². The van der Waals surface area contributed by atoms with Crippen molar-refractivity contribution in [3.63, 3.8) is 0 Å². The third-order valence-electron chi connectivity index (χ3n) is 8.71. The van der Waals surface area contributed by atoms with Crippen LogP contribution in [-0.4, -0.2) is 22.4 Å². The van der Waals surface area contributed by atoms with Crippen molar-refractivity contribution in [2.24, 2.45) is 34.5 Å². The van der Waals surface area contributed by atoms with E-state index in [1.54, 1.807) is 5.57 Å². The van der Waals surface area contributed by atoms with Crippen LogP contribution in [0.1, 0.15) is 72.1 Å². The topological polar surface area (TPSA) is 40.5 Å². The standard InChI is InChI=1S/C21H34O2/c1-13(22)17-6-7-18-16-5-4-14-12-15(23)8-10-20(14,2)19(16)9-11-21(17,18)3/h5,13-15,17-19,22-23H,4,6-12H2,1-3H3/t13?,14-,15-,17-,18+,19+,20+,21-/m1/s1. The van der Waals surface area contributed by atoms with E-state index in [1.165, 1.54) is 38.5 Å². The predicted octanol–water partition coefficient (Wildman–Crippen LogP) is 4.31. The van der Waals surface area contributed by atoms with Gasteiger partial charge in [-0.15, -0.1) is 0 Å². The molecule has 0 aromatic carbocycles. The first-order chi connectivity index (χ1) is 10.9. The van der Waals surface area contributed by atoms with Crippen LogP contribution in [0.15, 0.2) is 11.6 Å². The van der Waals surface area contributed by atoms with Crippen molar-refractivity contribution in [1.29, 1.82) is 0 Å². The highest BCUT2D eigenvalue weighted by molar-refractivity contribution is 5.27. The number of aliphatic hydroxyl groups excluding tert-OH is 2. The highest BCUT2D eigenvalue weighted by atomic mass is 16.3. The van der Waals surface area contributed by atoms with Gasteiger partial charge in [0.25, 0.3) is 0 Å². The molecule has 0 amide bonds. The Balaban J connectivity index is 1.66. The van der Waals surface area contributed by atoms with Crippen LogP contribution in [0.4, 0.5) is 0 Å². The Morgan fingerprint density at radius 3 is 2.48 bits per heavy atom. The molecule has 2 nitrogen and oxygen atoms in total. The number of aliphatic hydroxyl groups is 2. The first-order valence-corrected chi connectivity index (χ1v) is 9.92. The molecule has 23 heavy (non-hydrogen) atoms. The minimum Gasteiger partial charge on any atom is -0.393 e. The summed E-state index contributed by atoms with van der Waals surface area (Å²) < 4.78 is 0. The Morgan fingerprint density at radius 2 is 1.74 bits per heavy atom. The molecule has 0 aromatic heterocycles. The summed E-state index contributed by atoms with van der Waals surface area (Å²) in [7, 11) is 0. The van der Waals surface area contributed by atoms with Crippen molar-refractivity contribution >= 4 is 0 Å². The number of fused-ring (bicyclic) bond motifs is 5. The molecule has 1 unspecified atom stereocenters. The Morgan fingerprint density at radius 1 is 1.04 bits per heavy atom. The minimum absolute atomic E-state index is 0.0667. The van der Waals surface area contributed by atoms with E-state index in [1.807, 2.05) is 6.92 Å². The van der Waals surface area contributed by atoms with Gasteiger partial charge < -0.3 is 10.2 Å². The van der Waals surface area contributed by atoms with E-state index in [9.17, 15) is 10.2 Å². The molecule has 130 valence electrons. The van der Waals surface area contributed by atoms with E-state index in [4.69, 9.17) is 0 Å². The molecule has 0 radical (unpaired) electrons. The summed E-state index contributed by atoms with van der Waals surface area (Å²) in [5.41, 5.74) is 2.47. The Kier molecular flexibility index (Phi) is 3.74. The summed E-state index contributed by atoms with van der Waals surface area (Å²) in [6.45, 7) is 6.97. The van der Waals surface area contributed by atoms with Crippen LogP contribution in [0.25, 0.3) is 0 Å². The number of hydrogen-bond donors (Lipinski definition) is 2. The van der Waals surface area contributed by atoms with Crippen LogP contribution < -0.4 is 0 Å². The van der Waals surface area contributed by atoms with E-state index >= 15 is 0 Å². The molecule has 8 atom stereocenters. The Hall–Kier alpha value is -0.340. The van der Waals surface area contributed by atoms with Crippen LogP contribution >= 0.6 is 0 Å². The van der Waals surface area contributed by atoms with Crippen molar-refractivity contribution in [3.05, 3.63) is 11.6 Å². The zero-order chi connectivity index (χ0) is 16.4. The number of allylic oxidation sites excluding steroid dienone is 2. The highest BCUT2D eigenvalue weighted by Gasteiger charge is 2.58. The molecule has 2 N–H and O–H groups in total. The molecule has 3 fully saturated rings. The molecule has 4 aliphatic rings. The molecule has 4 rings (SSSR count). The van der Waals surface area contributed by atoms with Gasteiger partial charge >= 0.3 is 0 Å². The normalized spacial score (nSPS) is 53.8. The van der Waals surface area contributed by atoms with E-state index < -0.39 is 0 Å². The van der Waals surface area contributed by atoms with Gasteiger partial charge in [0.05, 0.1) is 12.2 Å². The summed E-state index contributed by atoms with van der Waals surface area (Å²) in [4.78, 5) is 0. The maximum atomic E-state index is 10.3. The van der Waals surface area contributed by atoms with Crippen LogP contribution in [0, 0.1) is 34.5 Å². The fraction of sp³-hybridized carbons (Fsp3) is 0.905. The van der Waals surface area contributed by atoms with Crippen molar-refractivity contribution in [1.82, 2.24) is 0 Å². The molecule has 0 aromatic rings. The monoisotopic (exact) mass is 318 g/mol. The van der Waals surface area contributed by atoms with Gasteiger partial charge in [0, 0.05) is 0 Å². The average Bonchev–Trinajstić information content (AvgIpc) is 2.85. The second kappa shape index (κ2) is 5.33. The molecule has 0 bridgehead atoms. The molecular weight excluding hydrogens is 284 g/mol. The Bertz CT molecular complexity index is 510. The van der Waals surface area contributed by atoms with Crippen LogP contribution in [0.2, 0.25) is 0 Å². The largest absolute Gasteiger partial charge is 0.393 e. The van der Waals surface area contributed by atoms with Gasteiger partial charge in [-0.1, -0.05) is 25.5 Å². The Labute approximate surface area is 141 Å². The van der Waals surface area contributed by atoms with E-state index in [0.717, 1.165) is 18.8 Å². The van der Waals surface area contributed by atoms with Gasteiger partial charge in [-0.05, 0) is 92.8 Å². The van der Waals surface area contributed by atoms with Gasteiger partial charge in [0.1, 0.15) is 0 Å². The zero-order valence-corrected chi connectivity index (χ0v) is 15.1. The van der Waals surface area contributed by atoms with E-state index in [0.29, 0.717) is 28.6 Å². The summed E-state index contributed by atoms with van der Waals surface area (Å²) >= 11 is 0. The molecule has 0 spiro atoms. The van der Waals surface area contributed by atoms with E-state index in [-0.39, 0.29) is 12.2 Å². The third-order valence-corrected chi connectivity index (χ3v) is 8.71. The number of rotatable bonds is 1. The summed E-state index contributed by atoms with van der Waals surface area (Å²) in [5, 5.41) is 20.4. The van der Waals surface area contributed by atoms with Crippen molar-refractivity contribution in [3.8, 4) is 0 Å². The molecule has 0 saturated heterocycles. The molecule has 0 heterocycles. The molecule has 3 saturated carbocycles. The van der Waals surface area contributed by atoms with Crippen LogP contribution in [0.3, 0.4) is 0 Å². The fourth-order valence-electron chi connectivity index (χ4n) is 7.32.